The summed E-state index contributed by atoms with van der Waals surface area (Å²) in [6.45, 7) is 0. The van der Waals surface area contributed by atoms with Crippen LogP contribution in [0.4, 0.5) is 0 Å². The Hall–Kier alpha value is -2.04. The van der Waals surface area contributed by atoms with Crippen LogP contribution >= 0.6 is 0 Å². The molecule has 0 aromatic carbocycles. The van der Waals surface area contributed by atoms with Crippen molar-refractivity contribution in [1.82, 2.24) is 0 Å². The van der Waals surface area contributed by atoms with Crippen molar-refractivity contribution in [2.45, 2.75) is 32.1 Å². The van der Waals surface area contributed by atoms with Gasteiger partial charge >= 0.3 is 0 Å². The molecule has 15 heavy (non-hydrogen) atoms. The largest absolute Gasteiger partial charge is 0.198 e. The third-order valence-corrected chi connectivity index (χ3v) is 2.35. The summed E-state index contributed by atoms with van der Waals surface area (Å²) in [5, 5.41) is 34.3. The number of rotatable bonds is 6. The van der Waals surface area contributed by atoms with Crippen molar-refractivity contribution >= 4 is 0 Å². The fourth-order valence-corrected chi connectivity index (χ4v) is 1.51. The first-order valence-electron chi connectivity index (χ1n) is 4.77. The van der Waals surface area contributed by atoms with Gasteiger partial charge in [0.1, 0.15) is 0 Å². The summed E-state index contributed by atoms with van der Waals surface area (Å²) in [6, 6.07) is 8.12. The highest BCUT2D eigenvalue weighted by Crippen LogP contribution is 2.26. The molecular weight excluding hydrogens is 188 g/mol. The van der Waals surface area contributed by atoms with Gasteiger partial charge in [-0.25, -0.2) is 0 Å². The molecule has 0 fully saturated rings. The summed E-state index contributed by atoms with van der Waals surface area (Å²) >= 11 is 0. The Kier molecular flexibility index (Phi) is 7.39. The van der Waals surface area contributed by atoms with E-state index in [0.29, 0.717) is 19.3 Å². The van der Waals surface area contributed by atoms with Crippen molar-refractivity contribution in [2.24, 2.45) is 11.8 Å². The second kappa shape index (κ2) is 8.55. The molecule has 0 saturated heterocycles. The van der Waals surface area contributed by atoms with Crippen LogP contribution in [-0.4, -0.2) is 0 Å². The zero-order chi connectivity index (χ0) is 11.5. The fraction of sp³-hybridized carbons (Fsp3) is 0.636. The molecular formula is C11H12N4. The zero-order valence-corrected chi connectivity index (χ0v) is 8.48. The fourth-order valence-electron chi connectivity index (χ4n) is 1.51. The second-order valence-electron chi connectivity index (χ2n) is 3.30. The van der Waals surface area contributed by atoms with E-state index >= 15 is 0 Å². The van der Waals surface area contributed by atoms with Crippen molar-refractivity contribution < 1.29 is 0 Å². The van der Waals surface area contributed by atoms with E-state index in [9.17, 15) is 0 Å². The van der Waals surface area contributed by atoms with Gasteiger partial charge in [-0.1, -0.05) is 0 Å². The van der Waals surface area contributed by atoms with Crippen LogP contribution in [0.5, 0.6) is 0 Å². The predicted molar refractivity (Wildman–Crippen MR) is 52.5 cm³/mol. The SMILES string of the molecule is N#CCCC(CC#N)C(CC#N)CC#N. The Morgan fingerprint density at radius 2 is 1.13 bits per heavy atom. The minimum absolute atomic E-state index is 0.00560. The molecule has 0 heterocycles. The summed E-state index contributed by atoms with van der Waals surface area (Å²) in [4.78, 5) is 0. The maximum atomic E-state index is 8.62. The van der Waals surface area contributed by atoms with E-state index in [1.807, 2.05) is 24.3 Å². The van der Waals surface area contributed by atoms with E-state index in [4.69, 9.17) is 21.0 Å². The molecule has 4 heteroatoms. The quantitative estimate of drug-likeness (QED) is 0.656. The lowest BCUT2D eigenvalue weighted by Crippen LogP contribution is -2.13. The van der Waals surface area contributed by atoms with Gasteiger partial charge in [-0.15, -0.1) is 0 Å². The topological polar surface area (TPSA) is 95.2 Å². The minimum atomic E-state index is -0.0759. The summed E-state index contributed by atoms with van der Waals surface area (Å²) in [5.74, 6) is -0.0815. The monoisotopic (exact) mass is 200 g/mol. The molecule has 0 aliphatic carbocycles. The van der Waals surface area contributed by atoms with Gasteiger partial charge < -0.3 is 0 Å². The molecule has 4 nitrogen and oxygen atoms in total. The molecule has 0 amide bonds. The molecule has 0 aromatic heterocycles. The summed E-state index contributed by atoms with van der Waals surface area (Å²) in [5.41, 5.74) is 0. The second-order valence-corrected chi connectivity index (χ2v) is 3.30. The van der Waals surface area contributed by atoms with E-state index < -0.39 is 0 Å². The van der Waals surface area contributed by atoms with Gasteiger partial charge in [-0.2, -0.15) is 21.0 Å². The van der Waals surface area contributed by atoms with Crippen LogP contribution in [0.2, 0.25) is 0 Å². The van der Waals surface area contributed by atoms with Gasteiger partial charge in [0.15, 0.2) is 0 Å². The summed E-state index contributed by atoms with van der Waals surface area (Å²) in [7, 11) is 0. The molecule has 0 aromatic rings. The molecule has 0 bridgehead atoms. The maximum absolute atomic E-state index is 8.62. The van der Waals surface area contributed by atoms with Crippen molar-refractivity contribution in [3.63, 3.8) is 0 Å². The van der Waals surface area contributed by atoms with Crippen LogP contribution in [0.15, 0.2) is 0 Å². The van der Waals surface area contributed by atoms with E-state index in [0.717, 1.165) is 0 Å². The van der Waals surface area contributed by atoms with E-state index in [1.165, 1.54) is 0 Å². The van der Waals surface area contributed by atoms with Crippen LogP contribution < -0.4 is 0 Å². The maximum Gasteiger partial charge on any atom is 0.0625 e. The highest BCUT2D eigenvalue weighted by Gasteiger charge is 2.20. The third-order valence-electron chi connectivity index (χ3n) is 2.35. The van der Waals surface area contributed by atoms with Gasteiger partial charge in [0.25, 0.3) is 0 Å². The highest BCUT2D eigenvalue weighted by molar-refractivity contribution is 4.91. The standard InChI is InChI=1S/C11H12N4/c12-6-1-2-10(3-7-13)11(4-8-14)5-9-15/h10-11H,1-5H2. The zero-order valence-electron chi connectivity index (χ0n) is 8.48. The molecule has 0 aliphatic heterocycles. The van der Waals surface area contributed by atoms with E-state index in [2.05, 4.69) is 0 Å². The van der Waals surface area contributed by atoms with Gasteiger partial charge in [-0.3, -0.25) is 0 Å². The van der Waals surface area contributed by atoms with Crippen LogP contribution in [0.1, 0.15) is 32.1 Å². The Morgan fingerprint density at radius 3 is 1.53 bits per heavy atom. The first kappa shape index (κ1) is 13.0. The average Bonchev–Trinajstić information content (AvgIpc) is 2.24. The van der Waals surface area contributed by atoms with Crippen molar-refractivity contribution in [3.8, 4) is 24.3 Å². The molecule has 0 spiro atoms. The Balaban J connectivity index is 4.41. The molecule has 0 saturated carbocycles. The van der Waals surface area contributed by atoms with Crippen LogP contribution in [0.3, 0.4) is 0 Å². The minimum Gasteiger partial charge on any atom is -0.198 e. The van der Waals surface area contributed by atoms with Gasteiger partial charge in [0, 0.05) is 25.7 Å². The van der Waals surface area contributed by atoms with Crippen molar-refractivity contribution in [1.29, 1.82) is 21.0 Å². The van der Waals surface area contributed by atoms with E-state index in [-0.39, 0.29) is 24.7 Å². The first-order chi connectivity index (χ1) is 7.29. The molecule has 0 N–H and O–H groups in total. The predicted octanol–water partition coefficient (Wildman–Crippen LogP) is 2.26. The summed E-state index contributed by atoms with van der Waals surface area (Å²) < 4.78 is 0. The number of hydrogen-bond donors (Lipinski definition) is 0. The summed E-state index contributed by atoms with van der Waals surface area (Å²) in [6.07, 6.45) is 1.85. The molecule has 1 atom stereocenters. The molecule has 1 unspecified atom stereocenters. The molecule has 0 radical (unpaired) electrons. The highest BCUT2D eigenvalue weighted by atomic mass is 14.3. The van der Waals surface area contributed by atoms with Crippen molar-refractivity contribution in [3.05, 3.63) is 0 Å². The van der Waals surface area contributed by atoms with Crippen LogP contribution in [0, 0.1) is 57.2 Å². The number of nitrogens with zero attached hydrogens (tertiary/aromatic N) is 4. The van der Waals surface area contributed by atoms with Gasteiger partial charge in [0.05, 0.1) is 24.3 Å². The lowest BCUT2D eigenvalue weighted by Gasteiger charge is -2.19. The first-order valence-corrected chi connectivity index (χ1v) is 4.77. The van der Waals surface area contributed by atoms with E-state index in [1.54, 1.807) is 0 Å². The van der Waals surface area contributed by atoms with Gasteiger partial charge in [-0.05, 0) is 18.3 Å². The molecule has 0 aliphatic rings. The average molecular weight is 200 g/mol. The molecule has 76 valence electrons. The number of nitriles is 4. The Bertz CT molecular complexity index is 318. The normalized spacial score (nSPS) is 10.7. The van der Waals surface area contributed by atoms with Crippen LogP contribution in [-0.2, 0) is 0 Å². The van der Waals surface area contributed by atoms with Gasteiger partial charge in [0.2, 0.25) is 0 Å². The lowest BCUT2D eigenvalue weighted by atomic mass is 9.82. The Labute approximate surface area is 90.0 Å². The van der Waals surface area contributed by atoms with Crippen molar-refractivity contribution in [2.75, 3.05) is 0 Å². The third kappa shape index (κ3) is 5.30. The lowest BCUT2D eigenvalue weighted by molar-refractivity contribution is 0.329. The number of hydrogen-bond acceptors (Lipinski definition) is 4. The van der Waals surface area contributed by atoms with Crippen LogP contribution in [0.25, 0.3) is 0 Å². The molecule has 0 rings (SSSR count). The Morgan fingerprint density at radius 1 is 0.667 bits per heavy atom. The smallest absolute Gasteiger partial charge is 0.0625 e.